The van der Waals surface area contributed by atoms with Crippen LogP contribution in [-0.2, 0) is 0 Å². The quantitative estimate of drug-likeness (QED) is 0.658. The maximum Gasteiger partial charge on any atom is 0.0948 e. The van der Waals surface area contributed by atoms with Crippen LogP contribution in [0.25, 0.3) is 0 Å². The summed E-state index contributed by atoms with van der Waals surface area (Å²) in [4.78, 5) is 3.93. The molecule has 0 radical (unpaired) electrons. The summed E-state index contributed by atoms with van der Waals surface area (Å²) in [5.74, 6) is 0. The third-order valence-electron chi connectivity index (χ3n) is 1.76. The summed E-state index contributed by atoms with van der Waals surface area (Å²) in [5, 5.41) is 0. The van der Waals surface area contributed by atoms with E-state index in [-0.39, 0.29) is 6.04 Å². The van der Waals surface area contributed by atoms with Crippen molar-refractivity contribution in [1.82, 2.24) is 9.55 Å². The first kappa shape index (κ1) is 7.28. The summed E-state index contributed by atoms with van der Waals surface area (Å²) in [6.45, 7) is 4.07. The van der Waals surface area contributed by atoms with Gasteiger partial charge in [-0.25, -0.2) is 4.98 Å². The van der Waals surface area contributed by atoms with Gasteiger partial charge in [-0.3, -0.25) is 0 Å². The van der Waals surface area contributed by atoms with Gasteiger partial charge in [0.25, 0.3) is 0 Å². The maximum atomic E-state index is 5.68. The van der Waals surface area contributed by atoms with Gasteiger partial charge in [-0.1, -0.05) is 0 Å². The zero-order valence-corrected chi connectivity index (χ0v) is 6.36. The van der Waals surface area contributed by atoms with E-state index in [0.29, 0.717) is 6.04 Å². The van der Waals surface area contributed by atoms with Crippen LogP contribution in [0.1, 0.15) is 19.9 Å². The molecule has 2 N–H and O–H groups in total. The highest BCUT2D eigenvalue weighted by atomic mass is 15.1. The van der Waals surface area contributed by atoms with Crippen molar-refractivity contribution in [3.8, 4) is 0 Å². The molecule has 56 valence electrons. The average molecular weight is 139 g/mol. The lowest BCUT2D eigenvalue weighted by Crippen LogP contribution is -2.26. The van der Waals surface area contributed by atoms with Gasteiger partial charge in [-0.15, -0.1) is 0 Å². The van der Waals surface area contributed by atoms with E-state index in [1.807, 2.05) is 17.7 Å². The molecular formula is C7H13N3. The number of aromatic nitrogens is 2. The van der Waals surface area contributed by atoms with Gasteiger partial charge in [-0.2, -0.15) is 0 Å². The molecule has 1 rings (SSSR count). The molecular weight excluding hydrogens is 126 g/mol. The molecule has 3 nitrogen and oxygen atoms in total. The molecule has 0 amide bonds. The molecule has 0 aliphatic carbocycles. The Morgan fingerprint density at radius 2 is 2.20 bits per heavy atom. The number of hydrogen-bond donors (Lipinski definition) is 1. The van der Waals surface area contributed by atoms with Crippen LogP contribution in [0.15, 0.2) is 18.7 Å². The summed E-state index contributed by atoms with van der Waals surface area (Å²) in [5.41, 5.74) is 5.68. The number of hydrogen-bond acceptors (Lipinski definition) is 2. The molecule has 0 fully saturated rings. The van der Waals surface area contributed by atoms with Crippen LogP contribution >= 0.6 is 0 Å². The van der Waals surface area contributed by atoms with Gasteiger partial charge in [-0.05, 0) is 13.8 Å². The van der Waals surface area contributed by atoms with Gasteiger partial charge >= 0.3 is 0 Å². The van der Waals surface area contributed by atoms with Crippen LogP contribution in [0.3, 0.4) is 0 Å². The lowest BCUT2D eigenvalue weighted by Gasteiger charge is -2.16. The Bertz CT molecular complexity index is 179. The number of rotatable bonds is 2. The van der Waals surface area contributed by atoms with E-state index in [4.69, 9.17) is 5.73 Å². The van der Waals surface area contributed by atoms with Crippen molar-refractivity contribution < 1.29 is 0 Å². The van der Waals surface area contributed by atoms with E-state index in [0.717, 1.165) is 0 Å². The monoisotopic (exact) mass is 139 g/mol. The smallest absolute Gasteiger partial charge is 0.0948 e. The van der Waals surface area contributed by atoms with E-state index in [1.54, 1.807) is 12.5 Å². The SMILES string of the molecule is C[C@@H](N)[C@H](C)n1ccnc1. The largest absolute Gasteiger partial charge is 0.333 e. The Labute approximate surface area is 60.9 Å². The van der Waals surface area contributed by atoms with Crippen LogP contribution < -0.4 is 5.73 Å². The van der Waals surface area contributed by atoms with Gasteiger partial charge in [0.2, 0.25) is 0 Å². The third kappa shape index (κ3) is 1.36. The Morgan fingerprint density at radius 3 is 2.60 bits per heavy atom. The minimum atomic E-state index is 0.175. The van der Waals surface area contributed by atoms with Crippen molar-refractivity contribution in [2.75, 3.05) is 0 Å². The van der Waals surface area contributed by atoms with Gasteiger partial charge in [0.1, 0.15) is 0 Å². The molecule has 0 saturated heterocycles. The predicted octanol–water partition coefficient (Wildman–Crippen LogP) is 0.791. The zero-order valence-electron chi connectivity index (χ0n) is 6.36. The van der Waals surface area contributed by atoms with E-state index in [1.165, 1.54) is 0 Å². The van der Waals surface area contributed by atoms with Crippen molar-refractivity contribution in [2.45, 2.75) is 25.9 Å². The Balaban J connectivity index is 2.68. The highest BCUT2D eigenvalue weighted by Crippen LogP contribution is 2.06. The molecule has 10 heavy (non-hydrogen) atoms. The lowest BCUT2D eigenvalue weighted by atomic mass is 10.2. The minimum Gasteiger partial charge on any atom is -0.333 e. The standard InChI is InChI=1S/C7H13N3/c1-6(8)7(2)10-4-3-9-5-10/h3-7H,8H2,1-2H3/t6-,7+/m1/s1. The Hall–Kier alpha value is -0.830. The van der Waals surface area contributed by atoms with E-state index in [9.17, 15) is 0 Å². The molecule has 1 aromatic rings. The fourth-order valence-corrected chi connectivity index (χ4v) is 0.782. The maximum absolute atomic E-state index is 5.68. The number of nitrogens with two attached hydrogens (primary N) is 1. The molecule has 0 aliphatic rings. The van der Waals surface area contributed by atoms with Gasteiger partial charge < -0.3 is 10.3 Å². The van der Waals surface area contributed by atoms with Crippen LogP contribution in [0.4, 0.5) is 0 Å². The van der Waals surface area contributed by atoms with E-state index < -0.39 is 0 Å². The molecule has 3 heteroatoms. The molecule has 1 aromatic heterocycles. The summed E-state index contributed by atoms with van der Waals surface area (Å²) < 4.78 is 2.00. The topological polar surface area (TPSA) is 43.8 Å². The van der Waals surface area contributed by atoms with Crippen LogP contribution in [0, 0.1) is 0 Å². The molecule has 0 bridgehead atoms. The van der Waals surface area contributed by atoms with Crippen molar-refractivity contribution in [3.05, 3.63) is 18.7 Å². The second-order valence-electron chi connectivity index (χ2n) is 2.61. The Kier molecular flexibility index (Phi) is 2.06. The highest BCUT2D eigenvalue weighted by molar-refractivity contribution is 4.81. The van der Waals surface area contributed by atoms with Gasteiger partial charge in [0.05, 0.1) is 6.33 Å². The summed E-state index contributed by atoms with van der Waals surface area (Å²) >= 11 is 0. The molecule has 0 aliphatic heterocycles. The number of imidazole rings is 1. The highest BCUT2D eigenvalue weighted by Gasteiger charge is 2.06. The van der Waals surface area contributed by atoms with Crippen LogP contribution in [0.2, 0.25) is 0 Å². The molecule has 0 spiro atoms. The van der Waals surface area contributed by atoms with E-state index in [2.05, 4.69) is 11.9 Å². The minimum absolute atomic E-state index is 0.175. The van der Waals surface area contributed by atoms with Crippen LogP contribution in [0.5, 0.6) is 0 Å². The fraction of sp³-hybridized carbons (Fsp3) is 0.571. The first-order chi connectivity index (χ1) is 4.72. The first-order valence-corrected chi connectivity index (χ1v) is 3.45. The van der Waals surface area contributed by atoms with E-state index >= 15 is 0 Å². The van der Waals surface area contributed by atoms with Crippen LogP contribution in [-0.4, -0.2) is 15.6 Å². The lowest BCUT2D eigenvalue weighted by molar-refractivity contribution is 0.465. The summed E-state index contributed by atoms with van der Waals surface area (Å²) in [7, 11) is 0. The average Bonchev–Trinajstić information content (AvgIpc) is 2.36. The zero-order chi connectivity index (χ0) is 7.56. The second-order valence-corrected chi connectivity index (χ2v) is 2.61. The fourth-order valence-electron chi connectivity index (χ4n) is 0.782. The van der Waals surface area contributed by atoms with Crippen molar-refractivity contribution >= 4 is 0 Å². The van der Waals surface area contributed by atoms with Gasteiger partial charge in [0, 0.05) is 24.5 Å². The first-order valence-electron chi connectivity index (χ1n) is 3.45. The van der Waals surface area contributed by atoms with Crippen molar-refractivity contribution in [2.24, 2.45) is 5.73 Å². The Morgan fingerprint density at radius 1 is 1.50 bits per heavy atom. The van der Waals surface area contributed by atoms with Crippen molar-refractivity contribution in [3.63, 3.8) is 0 Å². The summed E-state index contributed by atoms with van der Waals surface area (Å²) in [6, 6.07) is 0.511. The predicted molar refractivity (Wildman–Crippen MR) is 40.6 cm³/mol. The molecule has 2 atom stereocenters. The molecule has 0 unspecified atom stereocenters. The summed E-state index contributed by atoms with van der Waals surface area (Å²) in [6.07, 6.45) is 5.47. The third-order valence-corrected chi connectivity index (χ3v) is 1.76. The number of nitrogens with zero attached hydrogens (tertiary/aromatic N) is 2. The second kappa shape index (κ2) is 2.84. The van der Waals surface area contributed by atoms with Crippen molar-refractivity contribution in [1.29, 1.82) is 0 Å². The molecule has 0 saturated carbocycles. The molecule has 1 heterocycles. The molecule has 0 aromatic carbocycles. The normalized spacial score (nSPS) is 16.7. The van der Waals surface area contributed by atoms with Gasteiger partial charge in [0.15, 0.2) is 0 Å².